The predicted octanol–water partition coefficient (Wildman–Crippen LogP) is 5.99. The molecule has 0 spiro atoms. The van der Waals surface area contributed by atoms with Gasteiger partial charge in [0.05, 0.1) is 23.7 Å². The van der Waals surface area contributed by atoms with Crippen LogP contribution in [0.25, 0.3) is 11.0 Å². The van der Waals surface area contributed by atoms with Gasteiger partial charge in [-0.25, -0.2) is 9.78 Å². The molecular formula is C25H34N4O2. The van der Waals surface area contributed by atoms with E-state index in [1.54, 1.807) is 18.2 Å². The average molecular weight is 423 g/mol. The molecule has 4 rings (SSSR count). The third-order valence-corrected chi connectivity index (χ3v) is 5.75. The fourth-order valence-corrected chi connectivity index (χ4v) is 4.03. The Hall–Kier alpha value is -3.02. The molecule has 2 aromatic carbocycles. The zero-order valence-corrected chi connectivity index (χ0v) is 19.2. The summed E-state index contributed by atoms with van der Waals surface area (Å²) in [6.45, 7) is 4.74. The van der Waals surface area contributed by atoms with E-state index in [1.807, 2.05) is 43.3 Å². The Bertz CT molecular complexity index is 986. The summed E-state index contributed by atoms with van der Waals surface area (Å²) >= 11 is 0. The van der Waals surface area contributed by atoms with E-state index in [9.17, 15) is 4.79 Å². The van der Waals surface area contributed by atoms with Crippen LogP contribution in [0.2, 0.25) is 0 Å². The second-order valence-corrected chi connectivity index (χ2v) is 8.75. The molecule has 1 aliphatic rings. The van der Waals surface area contributed by atoms with Gasteiger partial charge >= 0.3 is 5.97 Å². The van der Waals surface area contributed by atoms with Crippen molar-refractivity contribution >= 4 is 34.3 Å². The number of hydrogen-bond acceptors (Lipinski definition) is 5. The summed E-state index contributed by atoms with van der Waals surface area (Å²) in [5.41, 5.74) is 4.11. The minimum absolute atomic E-state index is 0.365. The fraction of sp³-hybridized carbons (Fsp3) is 0.440. The fourth-order valence-electron chi connectivity index (χ4n) is 4.03. The number of ether oxygens (including phenoxy) is 1. The van der Waals surface area contributed by atoms with Gasteiger partial charge in [-0.05, 0) is 60.7 Å². The molecule has 0 amide bonds. The largest absolute Gasteiger partial charge is 0.465 e. The predicted molar refractivity (Wildman–Crippen MR) is 128 cm³/mol. The van der Waals surface area contributed by atoms with E-state index < -0.39 is 0 Å². The summed E-state index contributed by atoms with van der Waals surface area (Å²) in [5, 5.41) is 3.22. The van der Waals surface area contributed by atoms with Crippen molar-refractivity contribution in [1.82, 2.24) is 9.97 Å². The molecule has 1 fully saturated rings. The molecule has 2 N–H and O–H groups in total. The van der Waals surface area contributed by atoms with Crippen molar-refractivity contribution in [2.24, 2.45) is 11.8 Å². The summed E-state index contributed by atoms with van der Waals surface area (Å²) in [6.07, 6.45) is 5.90. The highest BCUT2D eigenvalue weighted by molar-refractivity contribution is 5.94. The number of rotatable bonds is 4. The monoisotopic (exact) mass is 422 g/mol. The number of methoxy groups -OCH3 is 1. The first-order chi connectivity index (χ1) is 14.9. The van der Waals surface area contributed by atoms with Crippen LogP contribution in [0.5, 0.6) is 0 Å². The topological polar surface area (TPSA) is 70.2 Å². The normalized spacial score (nSPS) is 18.1. The molecule has 2 atom stereocenters. The minimum Gasteiger partial charge on any atom is -0.465 e. The number of imidazole rings is 1. The van der Waals surface area contributed by atoms with Crippen LogP contribution in [0, 0.1) is 11.8 Å². The van der Waals surface area contributed by atoms with Crippen molar-refractivity contribution in [2.45, 2.75) is 39.5 Å². The highest BCUT2D eigenvalue weighted by Gasteiger charge is 2.13. The number of anilines is 3. The lowest BCUT2D eigenvalue weighted by molar-refractivity contribution is 0.0601. The van der Waals surface area contributed by atoms with Gasteiger partial charge in [-0.2, -0.15) is 0 Å². The van der Waals surface area contributed by atoms with Crippen molar-refractivity contribution in [3.63, 3.8) is 0 Å². The second kappa shape index (κ2) is 10.3. The van der Waals surface area contributed by atoms with E-state index in [1.165, 1.54) is 32.8 Å². The Morgan fingerprint density at radius 1 is 1.10 bits per heavy atom. The standard InChI is InChI=1S/C17H18N4O2.C8H16/c1-21(2)13-7-5-12(6-8-13)18-17-19-14-9-4-11(16(22)23-3)10-15(14)20-17;1-7-4-3-5-8(2)6-7/h4-10H,1-3H3,(H2,18,19,20);7-8H,3-6H2,1-2H3. The minimum atomic E-state index is -0.365. The average Bonchev–Trinajstić information content (AvgIpc) is 3.15. The van der Waals surface area contributed by atoms with Crippen LogP contribution in [0.4, 0.5) is 17.3 Å². The van der Waals surface area contributed by atoms with E-state index in [0.29, 0.717) is 11.5 Å². The maximum atomic E-state index is 11.6. The van der Waals surface area contributed by atoms with Gasteiger partial charge in [0.25, 0.3) is 0 Å². The van der Waals surface area contributed by atoms with Gasteiger partial charge in [0.15, 0.2) is 0 Å². The third kappa shape index (κ3) is 6.23. The van der Waals surface area contributed by atoms with E-state index in [2.05, 4.69) is 29.1 Å². The molecule has 3 aromatic rings. The smallest absolute Gasteiger partial charge is 0.337 e. The Kier molecular flexibility index (Phi) is 7.55. The first-order valence-electron chi connectivity index (χ1n) is 11.0. The number of nitrogens with one attached hydrogen (secondary N) is 2. The van der Waals surface area contributed by atoms with Crippen LogP contribution in [-0.4, -0.2) is 37.1 Å². The van der Waals surface area contributed by atoms with Crippen molar-refractivity contribution in [3.05, 3.63) is 48.0 Å². The summed E-state index contributed by atoms with van der Waals surface area (Å²) in [4.78, 5) is 21.2. The quantitative estimate of drug-likeness (QED) is 0.505. The van der Waals surface area contributed by atoms with Crippen molar-refractivity contribution in [3.8, 4) is 0 Å². The lowest BCUT2D eigenvalue weighted by atomic mass is 9.84. The number of hydrogen-bond donors (Lipinski definition) is 2. The maximum Gasteiger partial charge on any atom is 0.337 e. The molecule has 0 aliphatic heterocycles. The number of esters is 1. The SMILES string of the molecule is CC1CCCC(C)C1.COC(=O)c1ccc2nc(Nc3ccc(N(C)C)cc3)[nH]c2c1. The van der Waals surface area contributed by atoms with Crippen molar-refractivity contribution < 1.29 is 9.53 Å². The highest BCUT2D eigenvalue weighted by atomic mass is 16.5. The van der Waals surface area contributed by atoms with Gasteiger partial charge in [0, 0.05) is 25.5 Å². The Morgan fingerprint density at radius 2 is 1.77 bits per heavy atom. The van der Waals surface area contributed by atoms with Crippen LogP contribution >= 0.6 is 0 Å². The number of nitrogens with zero attached hydrogens (tertiary/aromatic N) is 2. The van der Waals surface area contributed by atoms with E-state index >= 15 is 0 Å². The summed E-state index contributed by atoms with van der Waals surface area (Å²) in [5.74, 6) is 2.28. The third-order valence-electron chi connectivity index (χ3n) is 5.75. The van der Waals surface area contributed by atoms with Gasteiger partial charge in [-0.3, -0.25) is 0 Å². The zero-order chi connectivity index (χ0) is 22.4. The van der Waals surface area contributed by atoms with E-state index in [-0.39, 0.29) is 5.97 Å². The number of carbonyl (C=O) groups is 1. The number of aromatic nitrogens is 2. The number of aromatic amines is 1. The number of carbonyl (C=O) groups excluding carboxylic acids is 1. The molecule has 1 heterocycles. The van der Waals surface area contributed by atoms with Gasteiger partial charge in [-0.15, -0.1) is 0 Å². The highest BCUT2D eigenvalue weighted by Crippen LogP contribution is 2.27. The van der Waals surface area contributed by atoms with Gasteiger partial charge in [0.2, 0.25) is 5.95 Å². The molecule has 6 heteroatoms. The summed E-state index contributed by atoms with van der Waals surface area (Å²) in [7, 11) is 5.37. The lowest BCUT2D eigenvalue weighted by Crippen LogP contribution is -2.09. The van der Waals surface area contributed by atoms with Gasteiger partial charge in [0.1, 0.15) is 0 Å². The first kappa shape index (κ1) is 22.7. The number of H-pyrrole nitrogens is 1. The molecule has 0 bridgehead atoms. The van der Waals surface area contributed by atoms with Crippen LogP contribution < -0.4 is 10.2 Å². The number of benzene rings is 2. The molecule has 2 unspecified atom stereocenters. The van der Waals surface area contributed by atoms with Crippen LogP contribution in [0.3, 0.4) is 0 Å². The molecule has 6 nitrogen and oxygen atoms in total. The molecule has 166 valence electrons. The second-order valence-electron chi connectivity index (χ2n) is 8.75. The molecule has 1 aliphatic carbocycles. The molecule has 0 saturated heterocycles. The molecule has 0 radical (unpaired) electrons. The molecule has 31 heavy (non-hydrogen) atoms. The van der Waals surface area contributed by atoms with Crippen molar-refractivity contribution in [2.75, 3.05) is 31.4 Å². The van der Waals surface area contributed by atoms with Crippen LogP contribution in [-0.2, 0) is 4.74 Å². The van der Waals surface area contributed by atoms with E-state index in [0.717, 1.165) is 34.2 Å². The van der Waals surface area contributed by atoms with Crippen molar-refractivity contribution in [1.29, 1.82) is 0 Å². The summed E-state index contributed by atoms with van der Waals surface area (Å²) < 4.78 is 4.73. The van der Waals surface area contributed by atoms with Crippen LogP contribution in [0.1, 0.15) is 49.9 Å². The molecule has 1 saturated carbocycles. The van der Waals surface area contributed by atoms with Gasteiger partial charge < -0.3 is 19.9 Å². The molecule has 1 aromatic heterocycles. The maximum absolute atomic E-state index is 11.6. The lowest BCUT2D eigenvalue weighted by Gasteiger charge is -2.22. The van der Waals surface area contributed by atoms with E-state index in [4.69, 9.17) is 4.74 Å². The first-order valence-corrected chi connectivity index (χ1v) is 11.0. The van der Waals surface area contributed by atoms with Gasteiger partial charge in [-0.1, -0.05) is 33.1 Å². The molecular weight excluding hydrogens is 388 g/mol. The Morgan fingerprint density at radius 3 is 2.32 bits per heavy atom. The number of fused-ring (bicyclic) bond motifs is 1. The zero-order valence-electron chi connectivity index (χ0n) is 19.2. The Labute approximate surface area is 185 Å². The Balaban J connectivity index is 0.000000287. The van der Waals surface area contributed by atoms with Crippen LogP contribution in [0.15, 0.2) is 42.5 Å². The summed E-state index contributed by atoms with van der Waals surface area (Å²) in [6, 6.07) is 13.3.